The van der Waals surface area contributed by atoms with Crippen LogP contribution in [0.4, 0.5) is 23.7 Å². The highest BCUT2D eigenvalue weighted by molar-refractivity contribution is 5.86. The molecule has 4 rings (SSSR count). The minimum Gasteiger partial charge on any atom is -0.476 e. The van der Waals surface area contributed by atoms with Crippen LogP contribution in [-0.4, -0.2) is 74.9 Å². The van der Waals surface area contributed by atoms with Crippen molar-refractivity contribution in [3.8, 4) is 0 Å². The largest absolute Gasteiger partial charge is 0.476 e. The van der Waals surface area contributed by atoms with Crippen molar-refractivity contribution in [3.63, 3.8) is 0 Å². The number of rotatable bonds is 4. The van der Waals surface area contributed by atoms with Gasteiger partial charge in [0.2, 0.25) is 0 Å². The highest BCUT2D eigenvalue weighted by Gasteiger charge is 2.35. The lowest BCUT2D eigenvalue weighted by Crippen LogP contribution is -2.49. The molecule has 0 bridgehead atoms. The van der Waals surface area contributed by atoms with Gasteiger partial charge in [0.15, 0.2) is 5.69 Å². The number of carbonyl (C=O) groups is 2. The van der Waals surface area contributed by atoms with Crippen LogP contribution in [0.25, 0.3) is 0 Å². The zero-order chi connectivity index (χ0) is 24.6. The first-order chi connectivity index (χ1) is 16.0. The van der Waals surface area contributed by atoms with E-state index in [0.29, 0.717) is 38.4 Å². The van der Waals surface area contributed by atoms with E-state index in [4.69, 9.17) is 5.11 Å². The molecule has 1 aromatic heterocycles. The Morgan fingerprint density at radius 2 is 1.71 bits per heavy atom. The third-order valence-electron chi connectivity index (χ3n) is 6.68. The normalized spacial score (nSPS) is 21.8. The number of hydrogen-bond donors (Lipinski definition) is 1. The molecule has 0 aliphatic carbocycles. The van der Waals surface area contributed by atoms with Gasteiger partial charge in [0.05, 0.1) is 5.56 Å². The Morgan fingerprint density at radius 1 is 1.06 bits per heavy atom. The van der Waals surface area contributed by atoms with Crippen molar-refractivity contribution in [2.75, 3.05) is 31.1 Å². The molecule has 1 amide bonds. The van der Waals surface area contributed by atoms with Crippen molar-refractivity contribution in [2.45, 2.75) is 51.5 Å². The van der Waals surface area contributed by atoms with Crippen LogP contribution in [0.2, 0.25) is 0 Å². The predicted octanol–water partition coefficient (Wildman–Crippen LogP) is 3.76. The quantitative estimate of drug-likeness (QED) is 0.719. The molecule has 2 saturated heterocycles. The van der Waals surface area contributed by atoms with E-state index < -0.39 is 23.7 Å². The number of piperazine rings is 1. The molecule has 2 aliphatic rings. The lowest BCUT2D eigenvalue weighted by molar-refractivity contribution is -0.137. The number of nitrogens with zero attached hydrogens (tertiary/aromatic N) is 5. The van der Waals surface area contributed by atoms with Crippen molar-refractivity contribution in [2.24, 2.45) is 0 Å². The number of carboxylic acids is 1. The van der Waals surface area contributed by atoms with E-state index in [0.717, 1.165) is 29.2 Å². The fraction of sp³-hybridized carbons (Fsp3) is 0.522. The number of aromatic nitrogens is 2. The molecule has 2 atom stereocenters. The van der Waals surface area contributed by atoms with Crippen molar-refractivity contribution < 1.29 is 27.9 Å². The molecule has 2 fully saturated rings. The van der Waals surface area contributed by atoms with E-state index >= 15 is 0 Å². The number of hydrogen-bond acceptors (Lipinski definition) is 5. The fourth-order valence-corrected chi connectivity index (χ4v) is 4.81. The molecule has 34 heavy (non-hydrogen) atoms. The summed E-state index contributed by atoms with van der Waals surface area (Å²) in [5, 5.41) is 12.8. The Labute approximate surface area is 195 Å². The summed E-state index contributed by atoms with van der Waals surface area (Å²) in [6, 6.07) is 5.18. The second-order valence-electron chi connectivity index (χ2n) is 9.02. The SMILES string of the molecule is C[C@@H]1CC[C@H](C)N1c1cc(C(F)(F)F)ccc1CN1CCN(C(=O)n2ccc(C(=O)O)n2)CC1. The first-order valence-electron chi connectivity index (χ1n) is 11.3. The maximum Gasteiger partial charge on any atom is 0.416 e. The lowest BCUT2D eigenvalue weighted by atomic mass is 10.0. The number of alkyl halides is 3. The van der Waals surface area contributed by atoms with Crippen molar-refractivity contribution in [1.29, 1.82) is 0 Å². The van der Waals surface area contributed by atoms with E-state index in [1.54, 1.807) is 11.0 Å². The molecule has 2 aromatic rings. The van der Waals surface area contributed by atoms with Crippen LogP contribution in [-0.2, 0) is 12.7 Å². The van der Waals surface area contributed by atoms with Gasteiger partial charge >= 0.3 is 18.2 Å². The smallest absolute Gasteiger partial charge is 0.416 e. The second-order valence-corrected chi connectivity index (χ2v) is 9.02. The monoisotopic (exact) mass is 479 g/mol. The van der Waals surface area contributed by atoms with Gasteiger partial charge in [-0.1, -0.05) is 6.07 Å². The van der Waals surface area contributed by atoms with Gasteiger partial charge in [-0.3, -0.25) is 4.90 Å². The van der Waals surface area contributed by atoms with Gasteiger partial charge in [-0.2, -0.15) is 23.0 Å². The number of halogens is 3. The van der Waals surface area contributed by atoms with Crippen LogP contribution in [0.15, 0.2) is 30.5 Å². The molecule has 184 valence electrons. The number of carbonyl (C=O) groups excluding carboxylic acids is 1. The molecule has 0 unspecified atom stereocenters. The van der Waals surface area contributed by atoms with E-state index in [-0.39, 0.29) is 17.8 Å². The minimum atomic E-state index is -4.40. The molecule has 1 N–H and O–H groups in total. The average Bonchev–Trinajstić information content (AvgIpc) is 3.41. The summed E-state index contributed by atoms with van der Waals surface area (Å²) >= 11 is 0. The highest BCUT2D eigenvalue weighted by atomic mass is 19.4. The Kier molecular flexibility index (Phi) is 6.57. The van der Waals surface area contributed by atoms with Crippen LogP contribution in [0.3, 0.4) is 0 Å². The van der Waals surface area contributed by atoms with Crippen LogP contribution < -0.4 is 4.90 Å². The molecule has 0 saturated carbocycles. The highest BCUT2D eigenvalue weighted by Crippen LogP contribution is 2.38. The fourth-order valence-electron chi connectivity index (χ4n) is 4.81. The molecule has 11 heteroatoms. The summed E-state index contributed by atoms with van der Waals surface area (Å²) in [7, 11) is 0. The zero-order valence-corrected chi connectivity index (χ0v) is 19.1. The third-order valence-corrected chi connectivity index (χ3v) is 6.68. The van der Waals surface area contributed by atoms with Gasteiger partial charge in [-0.25, -0.2) is 9.59 Å². The van der Waals surface area contributed by atoms with E-state index in [9.17, 15) is 22.8 Å². The Bertz CT molecular complexity index is 1050. The molecule has 2 aliphatic heterocycles. The summed E-state index contributed by atoms with van der Waals surface area (Å²) < 4.78 is 41.3. The Balaban J connectivity index is 1.47. The first kappa shape index (κ1) is 24.1. The Morgan fingerprint density at radius 3 is 2.26 bits per heavy atom. The third kappa shape index (κ3) is 4.89. The number of amides is 1. The molecule has 8 nitrogen and oxygen atoms in total. The summed E-state index contributed by atoms with van der Waals surface area (Å²) in [6.45, 7) is 6.48. The number of carboxylic acid groups (broad SMARTS) is 1. The van der Waals surface area contributed by atoms with Gasteiger partial charge in [-0.05, 0) is 50.5 Å². The van der Waals surface area contributed by atoms with E-state index in [1.807, 2.05) is 13.8 Å². The van der Waals surface area contributed by atoms with Gasteiger partial charge in [0, 0.05) is 56.7 Å². The molecular weight excluding hydrogens is 451 g/mol. The summed E-state index contributed by atoms with van der Waals surface area (Å²) in [6.07, 6.45) is -1.20. The standard InChI is InChI=1S/C23H28F3N5O3/c1-15-3-4-16(2)31(15)20-13-18(23(24,25)26)6-5-17(20)14-28-9-11-29(12-10-28)22(34)30-8-7-19(27-30)21(32)33/h5-8,13,15-16H,3-4,9-12,14H2,1-2H3,(H,32,33)/t15-,16+. The van der Waals surface area contributed by atoms with Crippen LogP contribution in [0.5, 0.6) is 0 Å². The van der Waals surface area contributed by atoms with E-state index in [2.05, 4.69) is 14.9 Å². The number of aromatic carboxylic acids is 1. The van der Waals surface area contributed by atoms with Crippen molar-refractivity contribution >= 4 is 17.7 Å². The Hall–Kier alpha value is -3.08. The van der Waals surface area contributed by atoms with Crippen LogP contribution >= 0.6 is 0 Å². The van der Waals surface area contributed by atoms with Gasteiger partial charge in [-0.15, -0.1) is 0 Å². The molecule has 0 radical (unpaired) electrons. The van der Waals surface area contributed by atoms with Gasteiger partial charge in [0.25, 0.3) is 0 Å². The second kappa shape index (κ2) is 9.28. The van der Waals surface area contributed by atoms with Crippen LogP contribution in [0.1, 0.15) is 48.3 Å². The number of benzene rings is 1. The van der Waals surface area contributed by atoms with Crippen molar-refractivity contribution in [1.82, 2.24) is 19.6 Å². The molecule has 1 aromatic carbocycles. The summed E-state index contributed by atoms with van der Waals surface area (Å²) in [5.41, 5.74) is 0.621. The number of anilines is 1. The molecular formula is C23H28F3N5O3. The van der Waals surface area contributed by atoms with Gasteiger partial charge in [0.1, 0.15) is 0 Å². The molecule has 0 spiro atoms. The molecule has 3 heterocycles. The zero-order valence-electron chi connectivity index (χ0n) is 19.1. The maximum atomic E-state index is 13.4. The predicted molar refractivity (Wildman–Crippen MR) is 119 cm³/mol. The van der Waals surface area contributed by atoms with Crippen LogP contribution in [0, 0.1) is 0 Å². The lowest BCUT2D eigenvalue weighted by Gasteiger charge is -2.36. The average molecular weight is 480 g/mol. The van der Waals surface area contributed by atoms with Gasteiger partial charge < -0.3 is 14.9 Å². The first-order valence-corrected chi connectivity index (χ1v) is 11.3. The summed E-state index contributed by atoms with van der Waals surface area (Å²) in [5.74, 6) is -1.20. The topological polar surface area (TPSA) is 81.9 Å². The van der Waals surface area contributed by atoms with Crippen molar-refractivity contribution in [3.05, 3.63) is 47.3 Å². The van der Waals surface area contributed by atoms with E-state index in [1.165, 1.54) is 18.3 Å². The minimum absolute atomic E-state index is 0.163. The maximum absolute atomic E-state index is 13.4. The summed E-state index contributed by atoms with van der Waals surface area (Å²) in [4.78, 5) is 29.4.